The van der Waals surface area contributed by atoms with Crippen LogP contribution in [0.5, 0.6) is 0 Å². The topological polar surface area (TPSA) is 0 Å². The Morgan fingerprint density at radius 3 is 2.60 bits per heavy atom. The van der Waals surface area contributed by atoms with Gasteiger partial charge in [-0.2, -0.15) is 0 Å². The van der Waals surface area contributed by atoms with Crippen molar-refractivity contribution in [3.05, 3.63) is 0 Å². The van der Waals surface area contributed by atoms with Crippen LogP contribution in [0, 0.1) is 0 Å². The maximum atomic E-state index is 2.36. The zero-order valence-corrected chi connectivity index (χ0v) is 4.20. The van der Waals surface area contributed by atoms with Crippen LogP contribution in [0.25, 0.3) is 0 Å². The molecule has 1 rings (SSSR count). The van der Waals surface area contributed by atoms with E-state index in [1.165, 1.54) is 6.16 Å². The molecule has 0 nitrogen and oxygen atoms in total. The average molecular weight is 86.1 g/mol. The van der Waals surface area contributed by atoms with Crippen LogP contribution in [0.1, 0.15) is 6.92 Å². The van der Waals surface area contributed by atoms with E-state index in [1.807, 2.05) is 0 Å². The Labute approximate surface area is 32.8 Å². The quantitative estimate of drug-likeness (QED) is 0.387. The van der Waals surface area contributed by atoms with Gasteiger partial charge < -0.3 is 0 Å². The minimum Gasteiger partial charge on any atom is -0.129 e. The lowest BCUT2D eigenvalue weighted by molar-refractivity contribution is 2.13. The van der Waals surface area contributed by atoms with Gasteiger partial charge in [0.15, 0.2) is 0 Å². The Morgan fingerprint density at radius 2 is 2.60 bits per heavy atom. The van der Waals surface area contributed by atoms with E-state index >= 15 is 0 Å². The first-order chi connectivity index (χ1) is 2.43. The van der Waals surface area contributed by atoms with Gasteiger partial charge in [-0.25, -0.2) is 0 Å². The molecule has 0 aromatic carbocycles. The molecule has 1 aliphatic heterocycles. The number of hydrogen-bond donors (Lipinski definition) is 0. The standard InChI is InChI=1S/C4H7P/c1-2-5-3-4-5/h2-3H,4H2,1H3. The maximum Gasteiger partial charge on any atom is 0.00739 e. The van der Waals surface area contributed by atoms with Crippen LogP contribution in [0.2, 0.25) is 0 Å². The number of hydrogen-bond acceptors (Lipinski definition) is 0. The molecule has 0 spiro atoms. The second-order valence-electron chi connectivity index (χ2n) is 1.14. The zero-order chi connectivity index (χ0) is 3.70. The van der Waals surface area contributed by atoms with Crippen LogP contribution in [0.3, 0.4) is 0 Å². The van der Waals surface area contributed by atoms with Crippen molar-refractivity contribution in [2.75, 3.05) is 6.16 Å². The lowest BCUT2D eigenvalue weighted by Gasteiger charge is -1.49. The van der Waals surface area contributed by atoms with E-state index in [2.05, 4.69) is 18.5 Å². The first kappa shape index (κ1) is 3.24. The first-order valence-corrected chi connectivity index (χ1v) is 3.48. The second kappa shape index (κ2) is 1.02. The van der Waals surface area contributed by atoms with Crippen LogP contribution in [0.15, 0.2) is 0 Å². The van der Waals surface area contributed by atoms with Crippen LogP contribution in [-0.2, 0) is 0 Å². The molecule has 0 fully saturated rings. The molecule has 1 unspecified atom stereocenters. The third-order valence-electron chi connectivity index (χ3n) is 0.725. The van der Waals surface area contributed by atoms with Gasteiger partial charge in [-0.15, -0.1) is 7.17 Å². The molecule has 0 saturated carbocycles. The van der Waals surface area contributed by atoms with Crippen molar-refractivity contribution in [3.63, 3.8) is 0 Å². The Hall–Kier alpha value is 0.0400. The van der Waals surface area contributed by atoms with Crippen molar-refractivity contribution in [1.82, 2.24) is 0 Å². The van der Waals surface area contributed by atoms with Crippen molar-refractivity contribution in [1.29, 1.82) is 0 Å². The van der Waals surface area contributed by atoms with E-state index in [0.29, 0.717) is 7.17 Å². The first-order valence-electron chi connectivity index (χ1n) is 1.82. The largest absolute Gasteiger partial charge is 0.129 e. The fourth-order valence-corrected chi connectivity index (χ4v) is 1.06. The van der Waals surface area contributed by atoms with Gasteiger partial charge in [-0.1, -0.05) is 11.6 Å². The summed E-state index contributed by atoms with van der Waals surface area (Å²) >= 11 is 0. The summed E-state index contributed by atoms with van der Waals surface area (Å²) in [7, 11) is 0.402. The molecule has 0 aromatic rings. The highest BCUT2D eigenvalue weighted by molar-refractivity contribution is 7.66. The average Bonchev–Trinajstić information content (AvgIpc) is 2.12. The van der Waals surface area contributed by atoms with Gasteiger partial charge in [-0.05, 0) is 6.92 Å². The van der Waals surface area contributed by atoms with Gasteiger partial charge >= 0.3 is 0 Å². The maximum absolute atomic E-state index is 2.36. The van der Waals surface area contributed by atoms with Gasteiger partial charge in [0.2, 0.25) is 0 Å². The Morgan fingerprint density at radius 1 is 2.00 bits per heavy atom. The molecule has 1 aliphatic rings. The van der Waals surface area contributed by atoms with Crippen molar-refractivity contribution in [2.24, 2.45) is 0 Å². The van der Waals surface area contributed by atoms with E-state index in [9.17, 15) is 0 Å². The lowest BCUT2D eigenvalue weighted by atomic mass is 11.0. The van der Waals surface area contributed by atoms with Crippen molar-refractivity contribution in [2.45, 2.75) is 6.92 Å². The molecular weight excluding hydrogens is 79.0 g/mol. The van der Waals surface area contributed by atoms with Gasteiger partial charge in [-0.3, -0.25) is 0 Å². The Kier molecular flexibility index (Phi) is 0.663. The molecular formula is C4H7P. The smallest absolute Gasteiger partial charge is 0.00739 e. The highest BCUT2D eigenvalue weighted by Crippen LogP contribution is 2.17. The third kappa shape index (κ3) is 0.662. The lowest BCUT2D eigenvalue weighted by Crippen LogP contribution is -1.35. The normalized spacial score (nSPS) is 26.2. The molecule has 0 bridgehead atoms. The molecule has 0 saturated heterocycles. The predicted molar refractivity (Wildman–Crippen MR) is 29.6 cm³/mol. The molecule has 0 aliphatic carbocycles. The van der Waals surface area contributed by atoms with Crippen LogP contribution in [0.4, 0.5) is 0 Å². The molecule has 5 heavy (non-hydrogen) atoms. The van der Waals surface area contributed by atoms with E-state index in [-0.39, 0.29) is 0 Å². The van der Waals surface area contributed by atoms with Crippen LogP contribution in [-0.4, -0.2) is 17.8 Å². The summed E-state index contributed by atoms with van der Waals surface area (Å²) < 4.78 is 0. The Balaban J connectivity index is 2.80. The number of rotatable bonds is 0. The van der Waals surface area contributed by atoms with Crippen molar-refractivity contribution < 1.29 is 0 Å². The fourth-order valence-electron chi connectivity index (χ4n) is 0.258. The van der Waals surface area contributed by atoms with Gasteiger partial charge in [0.05, 0.1) is 0 Å². The monoisotopic (exact) mass is 86.0 g/mol. The van der Waals surface area contributed by atoms with Crippen molar-refractivity contribution in [3.8, 4) is 0 Å². The van der Waals surface area contributed by atoms with Gasteiger partial charge in [0.25, 0.3) is 0 Å². The summed E-state index contributed by atoms with van der Waals surface area (Å²) in [6.45, 7) is 2.13. The predicted octanol–water partition coefficient (Wildman–Crippen LogP) is 1.11. The minimum absolute atomic E-state index is 0.402. The van der Waals surface area contributed by atoms with E-state index in [0.717, 1.165) is 0 Å². The van der Waals surface area contributed by atoms with Gasteiger partial charge in [0, 0.05) is 6.16 Å². The SMILES string of the molecule is C/C=P1=CC/1. The fraction of sp³-hybridized carbons (Fsp3) is 0.500. The molecule has 28 valence electrons. The summed E-state index contributed by atoms with van der Waals surface area (Å²) in [6, 6.07) is 0. The van der Waals surface area contributed by atoms with Crippen LogP contribution < -0.4 is 0 Å². The highest BCUT2D eigenvalue weighted by Gasteiger charge is 1.87. The van der Waals surface area contributed by atoms with Crippen LogP contribution >= 0.6 is 7.17 Å². The summed E-state index contributed by atoms with van der Waals surface area (Å²) in [5, 5.41) is 0. The van der Waals surface area contributed by atoms with Gasteiger partial charge in [0.1, 0.15) is 0 Å². The van der Waals surface area contributed by atoms with E-state index in [4.69, 9.17) is 0 Å². The minimum atomic E-state index is 0.402. The molecule has 1 heteroatoms. The second-order valence-corrected chi connectivity index (χ2v) is 3.41. The summed E-state index contributed by atoms with van der Waals surface area (Å²) in [4.78, 5) is 0. The summed E-state index contributed by atoms with van der Waals surface area (Å²) in [5.41, 5.74) is 0. The Bertz CT molecular complexity index is 105. The summed E-state index contributed by atoms with van der Waals surface area (Å²) in [5.74, 6) is 4.64. The third-order valence-corrected chi connectivity index (χ3v) is 2.18. The molecule has 0 amide bonds. The highest BCUT2D eigenvalue weighted by atomic mass is 31.1. The molecule has 1 heterocycles. The van der Waals surface area contributed by atoms with Crippen molar-refractivity contribution >= 4 is 18.8 Å². The molecule has 0 radical (unpaired) electrons. The molecule has 0 N–H and O–H groups in total. The van der Waals surface area contributed by atoms with E-state index in [1.54, 1.807) is 0 Å². The molecule has 1 atom stereocenters. The van der Waals surface area contributed by atoms with E-state index < -0.39 is 0 Å². The zero-order valence-electron chi connectivity index (χ0n) is 3.31. The molecule has 0 aromatic heterocycles. The summed E-state index contributed by atoms with van der Waals surface area (Å²) in [6.07, 6.45) is 1.39.